The Bertz CT molecular complexity index is 857. The minimum absolute atomic E-state index is 0.111. The Morgan fingerprint density at radius 2 is 2.10 bits per heavy atom. The van der Waals surface area contributed by atoms with Crippen molar-refractivity contribution in [3.63, 3.8) is 0 Å². The molecule has 0 radical (unpaired) electrons. The van der Waals surface area contributed by atoms with E-state index in [4.69, 9.17) is 9.84 Å². The van der Waals surface area contributed by atoms with Crippen LogP contribution in [-0.4, -0.2) is 66.6 Å². The number of aliphatic hydroxyl groups excluding tert-OH is 1. The smallest absolute Gasteiger partial charge is 0.377 e. The zero-order valence-corrected chi connectivity index (χ0v) is 17.3. The minimum atomic E-state index is -4.76. The SMILES string of the molecule is O=C(NCC1COCCN1C(=O)c1cccs1)c1ccc(CNC(O)C(F)(F)F)s1. The molecule has 2 unspecified atom stereocenters. The molecule has 2 atom stereocenters. The summed E-state index contributed by atoms with van der Waals surface area (Å²) in [6.45, 7) is 1.11. The van der Waals surface area contributed by atoms with Gasteiger partial charge in [0.05, 0.1) is 29.0 Å². The van der Waals surface area contributed by atoms with Crippen LogP contribution in [0.1, 0.15) is 24.2 Å². The fourth-order valence-electron chi connectivity index (χ4n) is 2.84. The molecule has 0 spiro atoms. The van der Waals surface area contributed by atoms with Crippen LogP contribution in [0.25, 0.3) is 0 Å². The Kier molecular flexibility index (Phi) is 7.47. The molecule has 164 valence electrons. The van der Waals surface area contributed by atoms with Crippen molar-refractivity contribution < 1.29 is 32.6 Å². The van der Waals surface area contributed by atoms with Crippen LogP contribution in [0.5, 0.6) is 0 Å². The molecule has 1 aliphatic rings. The van der Waals surface area contributed by atoms with Crippen LogP contribution >= 0.6 is 22.7 Å². The average Bonchev–Trinajstić information content (AvgIpc) is 3.41. The number of halogens is 3. The molecule has 2 aromatic heterocycles. The summed E-state index contributed by atoms with van der Waals surface area (Å²) in [6, 6.07) is 6.25. The molecule has 2 aromatic rings. The van der Waals surface area contributed by atoms with E-state index in [9.17, 15) is 22.8 Å². The highest BCUT2D eigenvalue weighted by Gasteiger charge is 2.38. The van der Waals surface area contributed by atoms with Gasteiger partial charge in [-0.05, 0) is 23.6 Å². The molecule has 0 saturated carbocycles. The molecule has 3 heterocycles. The number of nitrogens with one attached hydrogen (secondary N) is 2. The van der Waals surface area contributed by atoms with Crippen LogP contribution in [0.4, 0.5) is 13.2 Å². The Labute approximate surface area is 178 Å². The van der Waals surface area contributed by atoms with Crippen molar-refractivity contribution in [1.82, 2.24) is 15.5 Å². The fourth-order valence-corrected chi connectivity index (χ4v) is 4.39. The number of hydrogen-bond donors (Lipinski definition) is 3. The number of ether oxygens (including phenoxy) is 1. The predicted octanol–water partition coefficient (Wildman–Crippen LogP) is 2.05. The number of aliphatic hydroxyl groups is 1. The number of rotatable bonds is 7. The Hall–Kier alpha value is -1.99. The highest BCUT2D eigenvalue weighted by molar-refractivity contribution is 7.14. The maximum absolute atomic E-state index is 12.6. The van der Waals surface area contributed by atoms with Gasteiger partial charge in [-0.2, -0.15) is 13.2 Å². The second kappa shape index (κ2) is 9.88. The fraction of sp³-hybridized carbons (Fsp3) is 0.444. The Balaban J connectivity index is 1.53. The maximum Gasteiger partial charge on any atom is 0.427 e. The van der Waals surface area contributed by atoms with Crippen molar-refractivity contribution in [2.75, 3.05) is 26.3 Å². The first-order valence-corrected chi connectivity index (χ1v) is 10.7. The van der Waals surface area contributed by atoms with Crippen LogP contribution in [-0.2, 0) is 11.3 Å². The molecule has 12 heteroatoms. The molecular formula is C18H20F3N3O4S2. The lowest BCUT2D eigenvalue weighted by molar-refractivity contribution is -0.213. The van der Waals surface area contributed by atoms with Gasteiger partial charge in [-0.3, -0.25) is 14.9 Å². The van der Waals surface area contributed by atoms with Gasteiger partial charge < -0.3 is 20.1 Å². The highest BCUT2D eigenvalue weighted by atomic mass is 32.1. The largest absolute Gasteiger partial charge is 0.427 e. The standard InChI is InChI=1S/C18H20F3N3O4S2/c19-18(20,21)17(27)23-9-12-3-4-13(30-12)15(25)22-8-11-10-28-6-5-24(11)16(26)14-2-1-7-29-14/h1-4,7,11,17,23,27H,5-6,8-10H2,(H,22,25). The summed E-state index contributed by atoms with van der Waals surface area (Å²) in [5.41, 5.74) is 0. The normalized spacial score (nSPS) is 18.3. The van der Waals surface area contributed by atoms with E-state index in [1.54, 1.807) is 17.0 Å². The maximum atomic E-state index is 12.6. The predicted molar refractivity (Wildman–Crippen MR) is 106 cm³/mol. The lowest BCUT2D eigenvalue weighted by atomic mass is 10.2. The van der Waals surface area contributed by atoms with E-state index >= 15 is 0 Å². The van der Waals surface area contributed by atoms with Gasteiger partial charge in [-0.1, -0.05) is 6.07 Å². The molecule has 30 heavy (non-hydrogen) atoms. The van der Waals surface area contributed by atoms with Gasteiger partial charge in [-0.25, -0.2) is 0 Å². The molecule has 0 aromatic carbocycles. The second-order valence-electron chi connectivity index (χ2n) is 6.51. The summed E-state index contributed by atoms with van der Waals surface area (Å²) in [4.78, 5) is 28.1. The van der Waals surface area contributed by atoms with E-state index in [1.165, 1.54) is 23.5 Å². The van der Waals surface area contributed by atoms with E-state index in [2.05, 4.69) is 5.32 Å². The number of carbonyl (C=O) groups excluding carboxylic acids is 2. The van der Waals surface area contributed by atoms with Crippen LogP contribution in [0, 0.1) is 0 Å². The average molecular weight is 464 g/mol. The van der Waals surface area contributed by atoms with Crippen molar-refractivity contribution in [1.29, 1.82) is 0 Å². The highest BCUT2D eigenvalue weighted by Crippen LogP contribution is 2.21. The topological polar surface area (TPSA) is 90.9 Å². The molecule has 2 amide bonds. The minimum Gasteiger partial charge on any atom is -0.377 e. The lowest BCUT2D eigenvalue weighted by Gasteiger charge is -2.35. The van der Waals surface area contributed by atoms with Gasteiger partial charge in [-0.15, -0.1) is 22.7 Å². The number of hydrogen-bond acceptors (Lipinski definition) is 7. The van der Waals surface area contributed by atoms with Crippen molar-refractivity contribution in [3.8, 4) is 0 Å². The van der Waals surface area contributed by atoms with E-state index in [1.807, 2.05) is 10.7 Å². The third-order valence-corrected chi connectivity index (χ3v) is 6.33. The van der Waals surface area contributed by atoms with Crippen LogP contribution < -0.4 is 10.6 Å². The van der Waals surface area contributed by atoms with Crippen molar-refractivity contribution in [3.05, 3.63) is 44.3 Å². The lowest BCUT2D eigenvalue weighted by Crippen LogP contribution is -2.53. The summed E-state index contributed by atoms with van der Waals surface area (Å²) < 4.78 is 42.4. The zero-order valence-electron chi connectivity index (χ0n) is 15.6. The van der Waals surface area contributed by atoms with Gasteiger partial charge in [0.25, 0.3) is 11.8 Å². The summed E-state index contributed by atoms with van der Waals surface area (Å²) >= 11 is 2.37. The number of carbonyl (C=O) groups is 2. The van der Waals surface area contributed by atoms with E-state index in [0.29, 0.717) is 34.4 Å². The molecule has 3 rings (SSSR count). The van der Waals surface area contributed by atoms with Crippen molar-refractivity contribution in [2.24, 2.45) is 0 Å². The molecule has 1 aliphatic heterocycles. The third kappa shape index (κ3) is 5.79. The Morgan fingerprint density at radius 3 is 2.80 bits per heavy atom. The third-order valence-electron chi connectivity index (χ3n) is 4.38. The second-order valence-corrected chi connectivity index (χ2v) is 8.62. The van der Waals surface area contributed by atoms with Crippen molar-refractivity contribution in [2.45, 2.75) is 25.0 Å². The first kappa shape index (κ1) is 22.7. The van der Waals surface area contributed by atoms with Crippen LogP contribution in [0.3, 0.4) is 0 Å². The molecule has 7 nitrogen and oxygen atoms in total. The van der Waals surface area contributed by atoms with Crippen LogP contribution in [0.15, 0.2) is 29.6 Å². The molecule has 1 fully saturated rings. The van der Waals surface area contributed by atoms with E-state index < -0.39 is 18.3 Å². The summed E-state index contributed by atoms with van der Waals surface area (Å²) in [7, 11) is 0. The number of alkyl halides is 3. The first-order valence-electron chi connectivity index (χ1n) is 9.03. The van der Waals surface area contributed by atoms with Crippen LogP contribution in [0.2, 0.25) is 0 Å². The van der Waals surface area contributed by atoms with E-state index in [-0.39, 0.29) is 25.0 Å². The number of nitrogens with zero attached hydrogens (tertiary/aromatic N) is 1. The molecule has 0 bridgehead atoms. The first-order chi connectivity index (χ1) is 14.3. The zero-order chi connectivity index (χ0) is 21.7. The molecular weight excluding hydrogens is 443 g/mol. The monoisotopic (exact) mass is 463 g/mol. The molecule has 0 aliphatic carbocycles. The van der Waals surface area contributed by atoms with Gasteiger partial charge >= 0.3 is 6.18 Å². The van der Waals surface area contributed by atoms with Gasteiger partial charge in [0, 0.05) is 24.5 Å². The van der Waals surface area contributed by atoms with Crippen molar-refractivity contribution >= 4 is 34.5 Å². The number of morpholine rings is 1. The summed E-state index contributed by atoms with van der Waals surface area (Å²) in [6.07, 6.45) is -7.39. The Morgan fingerprint density at radius 1 is 1.30 bits per heavy atom. The van der Waals surface area contributed by atoms with Gasteiger partial charge in [0.2, 0.25) is 6.23 Å². The molecule has 3 N–H and O–H groups in total. The van der Waals surface area contributed by atoms with Gasteiger partial charge in [0.15, 0.2) is 0 Å². The number of thiophene rings is 2. The summed E-state index contributed by atoms with van der Waals surface area (Å²) in [5.74, 6) is -0.503. The quantitative estimate of drug-likeness (QED) is 0.547. The van der Waals surface area contributed by atoms with E-state index in [0.717, 1.165) is 11.3 Å². The summed E-state index contributed by atoms with van der Waals surface area (Å²) in [5, 5.41) is 15.5. The van der Waals surface area contributed by atoms with Gasteiger partial charge in [0.1, 0.15) is 0 Å². The molecule has 1 saturated heterocycles. The number of amides is 2.